The van der Waals surface area contributed by atoms with E-state index >= 15 is 0 Å². The largest absolute Gasteiger partial charge is 0.335 e. The lowest BCUT2D eigenvalue weighted by molar-refractivity contribution is 0.0683. The van der Waals surface area contributed by atoms with Gasteiger partial charge in [0.2, 0.25) is 0 Å². The molecule has 0 N–H and O–H groups in total. The molecule has 156 valence electrons. The number of carbonyl (C=O) groups excluding carboxylic acids is 1. The third kappa shape index (κ3) is 4.43. The zero-order valence-corrected chi connectivity index (χ0v) is 17.3. The lowest BCUT2D eigenvalue weighted by Gasteiger charge is -2.39. The summed E-state index contributed by atoms with van der Waals surface area (Å²) in [7, 11) is -1.52. The summed E-state index contributed by atoms with van der Waals surface area (Å²) in [6.07, 6.45) is 0.743. The maximum absolute atomic E-state index is 12.8. The highest BCUT2D eigenvalue weighted by atomic mass is 32.2. The second-order valence-electron chi connectivity index (χ2n) is 7.18. The molecule has 0 aromatic carbocycles. The third-order valence-electron chi connectivity index (χ3n) is 5.16. The molecule has 0 bridgehead atoms. The van der Waals surface area contributed by atoms with Crippen LogP contribution in [0.2, 0.25) is 0 Å². The van der Waals surface area contributed by atoms with Gasteiger partial charge in [-0.05, 0) is 19.5 Å². The summed E-state index contributed by atoms with van der Waals surface area (Å²) in [4.78, 5) is 28.2. The van der Waals surface area contributed by atoms with Gasteiger partial charge in [0.05, 0.1) is 0 Å². The summed E-state index contributed by atoms with van der Waals surface area (Å²) in [5.74, 6) is -0.276. The van der Waals surface area contributed by atoms with Crippen LogP contribution in [-0.4, -0.2) is 102 Å². The summed E-state index contributed by atoms with van der Waals surface area (Å²) in [5, 5.41) is 4.15. The quantitative estimate of drug-likeness (QED) is 0.609. The molecule has 2 saturated heterocycles. The third-order valence-corrected chi connectivity index (χ3v) is 7.20. The Morgan fingerprint density at radius 1 is 1.00 bits per heavy atom. The van der Waals surface area contributed by atoms with E-state index in [1.54, 1.807) is 4.90 Å². The number of likely N-dealkylation sites (N-methyl/N-ethyl adjacent to an activating group) is 1. The molecule has 2 fully saturated rings. The van der Waals surface area contributed by atoms with Crippen LogP contribution in [0.1, 0.15) is 23.8 Å². The van der Waals surface area contributed by atoms with Crippen molar-refractivity contribution in [2.75, 3.05) is 59.4 Å². The molecule has 3 rings (SSSR count). The lowest BCUT2D eigenvalue weighted by Crippen LogP contribution is -2.57. The van der Waals surface area contributed by atoms with Gasteiger partial charge < -0.3 is 9.80 Å². The molecule has 11 heteroatoms. The molecular weight excluding hydrogens is 384 g/mol. The van der Waals surface area contributed by atoms with Gasteiger partial charge in [0, 0.05) is 65.0 Å². The van der Waals surface area contributed by atoms with Crippen LogP contribution in [0.3, 0.4) is 0 Å². The number of rotatable bonds is 5. The number of hydrogen-bond donors (Lipinski definition) is 0. The molecule has 0 saturated carbocycles. The van der Waals surface area contributed by atoms with E-state index in [-0.39, 0.29) is 30.2 Å². The van der Waals surface area contributed by atoms with Gasteiger partial charge in [0.15, 0.2) is 0 Å². The summed E-state index contributed by atoms with van der Waals surface area (Å²) < 4.78 is 29.9. The summed E-state index contributed by atoms with van der Waals surface area (Å²) in [6, 6.07) is 2.79. The van der Waals surface area contributed by atoms with Crippen molar-refractivity contribution in [2.45, 2.75) is 19.9 Å². The molecule has 3 heterocycles. The van der Waals surface area contributed by atoms with Crippen molar-refractivity contribution < 1.29 is 13.2 Å². The first-order chi connectivity index (χ1) is 13.3. The Balaban J connectivity index is 1.63. The van der Waals surface area contributed by atoms with E-state index in [0.29, 0.717) is 32.7 Å². The number of aryl methyl sites for hydroxylation is 1. The van der Waals surface area contributed by atoms with E-state index in [2.05, 4.69) is 10.00 Å². The van der Waals surface area contributed by atoms with Gasteiger partial charge in [-0.3, -0.25) is 9.59 Å². The van der Waals surface area contributed by atoms with Gasteiger partial charge in [-0.15, -0.1) is 0 Å². The molecule has 10 nitrogen and oxygen atoms in total. The topological polar surface area (TPSA) is 99.1 Å². The highest BCUT2D eigenvalue weighted by molar-refractivity contribution is 7.86. The van der Waals surface area contributed by atoms with E-state index in [1.165, 1.54) is 25.4 Å². The fourth-order valence-electron chi connectivity index (χ4n) is 3.40. The predicted molar refractivity (Wildman–Crippen MR) is 104 cm³/mol. The minimum absolute atomic E-state index is 0.212. The molecule has 1 amide bonds. The number of piperazine rings is 2. The van der Waals surface area contributed by atoms with Crippen LogP contribution in [0, 0.1) is 0 Å². The Bertz CT molecular complexity index is 855. The van der Waals surface area contributed by atoms with Crippen LogP contribution >= 0.6 is 0 Å². The molecule has 0 atom stereocenters. The van der Waals surface area contributed by atoms with Gasteiger partial charge in [-0.2, -0.15) is 22.1 Å². The molecule has 0 unspecified atom stereocenters. The molecular formula is C17H28N6O4S. The fourth-order valence-corrected chi connectivity index (χ4v) is 4.98. The monoisotopic (exact) mass is 412 g/mol. The molecule has 0 spiro atoms. The number of aromatic nitrogens is 2. The Hall–Kier alpha value is -1.82. The van der Waals surface area contributed by atoms with Gasteiger partial charge in [0.1, 0.15) is 5.69 Å². The van der Waals surface area contributed by atoms with Crippen LogP contribution in [0.5, 0.6) is 0 Å². The number of nitrogens with zero attached hydrogens (tertiary/aromatic N) is 6. The summed E-state index contributed by atoms with van der Waals surface area (Å²) in [6.45, 7) is 5.93. The Labute approximate surface area is 165 Å². The van der Waals surface area contributed by atoms with Crippen LogP contribution in [0.25, 0.3) is 0 Å². The predicted octanol–water partition coefficient (Wildman–Crippen LogP) is -1.10. The Kier molecular flexibility index (Phi) is 6.48. The van der Waals surface area contributed by atoms with Gasteiger partial charge >= 0.3 is 0 Å². The second-order valence-corrected chi connectivity index (χ2v) is 9.11. The molecule has 28 heavy (non-hydrogen) atoms. The Morgan fingerprint density at radius 3 is 2.14 bits per heavy atom. The highest BCUT2D eigenvalue weighted by Gasteiger charge is 2.35. The second kappa shape index (κ2) is 8.68. The first kappa shape index (κ1) is 20.9. The van der Waals surface area contributed by atoms with Gasteiger partial charge in [-0.1, -0.05) is 6.92 Å². The van der Waals surface area contributed by atoms with Crippen molar-refractivity contribution in [2.24, 2.45) is 0 Å². The average molecular weight is 413 g/mol. The standard InChI is InChI=1S/C17H28N6O4S/c1-3-6-23-16(24)5-4-15(18-23)17(25)20-9-13-22(14-10-20)28(26,27)21-11-7-19(2)8-12-21/h4-5H,3,6-14H2,1-2H3. The van der Waals surface area contributed by atoms with Gasteiger partial charge in [0.25, 0.3) is 21.7 Å². The minimum Gasteiger partial charge on any atom is -0.335 e. The average Bonchev–Trinajstić information content (AvgIpc) is 2.70. The molecule has 1 aromatic rings. The normalized spacial score (nSPS) is 20.4. The number of amides is 1. The van der Waals surface area contributed by atoms with Crippen molar-refractivity contribution in [3.05, 3.63) is 28.2 Å². The van der Waals surface area contributed by atoms with Crippen molar-refractivity contribution in [3.8, 4) is 0 Å². The van der Waals surface area contributed by atoms with Gasteiger partial charge in [-0.25, -0.2) is 4.68 Å². The van der Waals surface area contributed by atoms with Crippen LogP contribution in [0.15, 0.2) is 16.9 Å². The molecule has 2 aliphatic heterocycles. The van der Waals surface area contributed by atoms with Crippen molar-refractivity contribution >= 4 is 16.1 Å². The summed E-state index contributed by atoms with van der Waals surface area (Å²) in [5.41, 5.74) is -0.0232. The molecule has 1 aromatic heterocycles. The van der Waals surface area contributed by atoms with Crippen molar-refractivity contribution in [3.63, 3.8) is 0 Å². The minimum atomic E-state index is -3.50. The zero-order valence-electron chi connectivity index (χ0n) is 16.5. The Morgan fingerprint density at radius 2 is 1.57 bits per heavy atom. The fraction of sp³-hybridized carbons (Fsp3) is 0.706. The van der Waals surface area contributed by atoms with E-state index < -0.39 is 10.2 Å². The highest BCUT2D eigenvalue weighted by Crippen LogP contribution is 2.15. The van der Waals surface area contributed by atoms with E-state index in [0.717, 1.165) is 19.5 Å². The smallest absolute Gasteiger partial charge is 0.282 e. The van der Waals surface area contributed by atoms with Crippen molar-refractivity contribution in [1.82, 2.24) is 28.2 Å². The maximum atomic E-state index is 12.8. The SMILES string of the molecule is CCCn1nc(C(=O)N2CCN(S(=O)(=O)N3CCN(C)CC3)CC2)ccc1=O. The van der Waals surface area contributed by atoms with Crippen LogP contribution < -0.4 is 5.56 Å². The maximum Gasteiger partial charge on any atom is 0.282 e. The molecule has 2 aliphatic rings. The van der Waals surface area contributed by atoms with Crippen LogP contribution in [0.4, 0.5) is 0 Å². The molecule has 0 radical (unpaired) electrons. The van der Waals surface area contributed by atoms with E-state index in [9.17, 15) is 18.0 Å². The van der Waals surface area contributed by atoms with E-state index in [4.69, 9.17) is 0 Å². The van der Waals surface area contributed by atoms with Crippen molar-refractivity contribution in [1.29, 1.82) is 0 Å². The first-order valence-electron chi connectivity index (χ1n) is 9.64. The van der Waals surface area contributed by atoms with Crippen LogP contribution in [-0.2, 0) is 16.8 Å². The number of hydrogen-bond acceptors (Lipinski definition) is 6. The summed E-state index contributed by atoms with van der Waals surface area (Å²) >= 11 is 0. The number of carbonyl (C=O) groups is 1. The lowest BCUT2D eigenvalue weighted by atomic mass is 10.3. The first-order valence-corrected chi connectivity index (χ1v) is 11.0. The molecule has 0 aliphatic carbocycles. The zero-order chi connectivity index (χ0) is 20.3. The van der Waals surface area contributed by atoms with E-state index in [1.807, 2.05) is 14.0 Å².